The largest absolute Gasteiger partial charge is 0.355 e. The molecule has 0 saturated heterocycles. The molecule has 0 aliphatic heterocycles. The molecule has 2 rings (SSSR count). The smallest absolute Gasteiger partial charge is 0.255 e. The normalized spacial score (nSPS) is 10.4. The predicted octanol–water partition coefficient (Wildman–Crippen LogP) is 1.41. The summed E-state index contributed by atoms with van der Waals surface area (Å²) in [6.07, 6.45) is 0. The summed E-state index contributed by atoms with van der Waals surface area (Å²) >= 11 is 0. The molecule has 1 heterocycles. The van der Waals surface area contributed by atoms with Crippen LogP contribution in [0.3, 0.4) is 0 Å². The second kappa shape index (κ2) is 7.58. The van der Waals surface area contributed by atoms with Crippen LogP contribution in [0.2, 0.25) is 0 Å². The van der Waals surface area contributed by atoms with Gasteiger partial charge in [-0.25, -0.2) is 0 Å². The van der Waals surface area contributed by atoms with Crippen molar-refractivity contribution in [3.05, 3.63) is 52.8 Å². The van der Waals surface area contributed by atoms with Gasteiger partial charge in [-0.3, -0.25) is 14.3 Å². The van der Waals surface area contributed by atoms with E-state index >= 15 is 0 Å². The highest BCUT2D eigenvalue weighted by Crippen LogP contribution is 2.14. The van der Waals surface area contributed by atoms with Crippen LogP contribution >= 0.6 is 0 Å². The van der Waals surface area contributed by atoms with Gasteiger partial charge in [-0.15, -0.1) is 0 Å². The second-order valence-electron chi connectivity index (χ2n) is 5.43. The molecule has 0 saturated carbocycles. The van der Waals surface area contributed by atoms with E-state index in [9.17, 15) is 9.59 Å². The summed E-state index contributed by atoms with van der Waals surface area (Å²) in [7, 11) is 0. The predicted molar refractivity (Wildman–Crippen MR) is 88.3 cm³/mol. The number of aryl methyl sites for hydroxylation is 1. The van der Waals surface area contributed by atoms with E-state index in [-0.39, 0.29) is 11.8 Å². The molecule has 6 nitrogen and oxygen atoms in total. The van der Waals surface area contributed by atoms with Crippen LogP contribution in [0, 0.1) is 13.8 Å². The molecule has 0 aliphatic carbocycles. The maximum atomic E-state index is 12.3. The van der Waals surface area contributed by atoms with Gasteiger partial charge in [0.2, 0.25) is 5.91 Å². The van der Waals surface area contributed by atoms with Crippen molar-refractivity contribution in [3.8, 4) is 0 Å². The average Bonchev–Trinajstić information content (AvgIpc) is 2.78. The molecule has 0 radical (unpaired) electrons. The molecule has 2 amide bonds. The summed E-state index contributed by atoms with van der Waals surface area (Å²) in [5, 5.41) is 9.92. The van der Waals surface area contributed by atoms with Gasteiger partial charge in [0.05, 0.1) is 17.8 Å². The third kappa shape index (κ3) is 4.42. The van der Waals surface area contributed by atoms with E-state index in [2.05, 4.69) is 15.7 Å². The van der Waals surface area contributed by atoms with Crippen molar-refractivity contribution in [1.29, 1.82) is 0 Å². The highest BCUT2D eigenvalue weighted by Gasteiger charge is 2.18. The number of carbonyl (C=O) groups excluding carboxylic acids is 2. The lowest BCUT2D eigenvalue weighted by molar-refractivity contribution is -0.118. The van der Waals surface area contributed by atoms with Crippen LogP contribution in [0.15, 0.2) is 30.3 Å². The fourth-order valence-corrected chi connectivity index (χ4v) is 2.44. The second-order valence-corrected chi connectivity index (χ2v) is 5.43. The molecule has 1 aromatic heterocycles. The Kier molecular flexibility index (Phi) is 5.51. The van der Waals surface area contributed by atoms with Gasteiger partial charge in [-0.2, -0.15) is 5.10 Å². The van der Waals surface area contributed by atoms with E-state index in [0.717, 1.165) is 11.3 Å². The van der Waals surface area contributed by atoms with E-state index in [0.29, 0.717) is 30.9 Å². The molecule has 0 spiro atoms. The minimum absolute atomic E-state index is 0.109. The Hall–Kier alpha value is -2.63. The van der Waals surface area contributed by atoms with Gasteiger partial charge in [0.1, 0.15) is 0 Å². The molecular formula is C17H22N4O2. The minimum atomic E-state index is -0.162. The zero-order valence-corrected chi connectivity index (χ0v) is 13.7. The fourth-order valence-electron chi connectivity index (χ4n) is 2.44. The van der Waals surface area contributed by atoms with Gasteiger partial charge in [0.15, 0.2) is 0 Å². The van der Waals surface area contributed by atoms with Crippen LogP contribution in [0.5, 0.6) is 0 Å². The number of amides is 2. The van der Waals surface area contributed by atoms with E-state index in [1.54, 1.807) is 0 Å². The summed E-state index contributed by atoms with van der Waals surface area (Å²) in [6.45, 7) is 6.61. The Labute approximate surface area is 135 Å². The first-order chi connectivity index (χ1) is 11.0. The third-order valence-corrected chi connectivity index (χ3v) is 3.57. The number of aromatic nitrogens is 2. The topological polar surface area (TPSA) is 76.0 Å². The molecule has 2 N–H and O–H groups in total. The first kappa shape index (κ1) is 16.7. The van der Waals surface area contributed by atoms with Gasteiger partial charge in [0.25, 0.3) is 5.91 Å². The first-order valence-electron chi connectivity index (χ1n) is 7.59. The maximum absolute atomic E-state index is 12.3. The van der Waals surface area contributed by atoms with Crippen LogP contribution in [-0.4, -0.2) is 34.7 Å². The quantitative estimate of drug-likeness (QED) is 0.792. The highest BCUT2D eigenvalue weighted by molar-refractivity contribution is 5.96. The first-order valence-corrected chi connectivity index (χ1v) is 7.59. The molecule has 0 fully saturated rings. The van der Waals surface area contributed by atoms with Crippen molar-refractivity contribution in [1.82, 2.24) is 20.4 Å². The summed E-state index contributed by atoms with van der Waals surface area (Å²) in [5.74, 6) is -0.271. The number of nitrogens with zero attached hydrogens (tertiary/aromatic N) is 2. The number of hydrogen-bond acceptors (Lipinski definition) is 3. The number of benzene rings is 1. The van der Waals surface area contributed by atoms with Crippen LogP contribution in [0.4, 0.5) is 0 Å². The van der Waals surface area contributed by atoms with Gasteiger partial charge in [0, 0.05) is 25.7 Å². The Balaban J connectivity index is 2.05. The molecule has 2 aromatic rings. The monoisotopic (exact) mass is 314 g/mol. The lowest BCUT2D eigenvalue weighted by atomic mass is 10.1. The van der Waals surface area contributed by atoms with Crippen LogP contribution in [0.25, 0.3) is 0 Å². The zero-order valence-electron chi connectivity index (χ0n) is 13.7. The van der Waals surface area contributed by atoms with E-state index in [1.807, 2.05) is 48.9 Å². The lowest BCUT2D eigenvalue weighted by Gasteiger charge is -2.07. The number of carbonyl (C=O) groups is 2. The van der Waals surface area contributed by atoms with Crippen molar-refractivity contribution in [2.75, 3.05) is 13.1 Å². The minimum Gasteiger partial charge on any atom is -0.355 e. The van der Waals surface area contributed by atoms with Gasteiger partial charge in [-0.1, -0.05) is 30.3 Å². The molecule has 0 unspecified atom stereocenters. The Morgan fingerprint density at radius 2 is 1.74 bits per heavy atom. The van der Waals surface area contributed by atoms with Gasteiger partial charge < -0.3 is 10.6 Å². The van der Waals surface area contributed by atoms with Gasteiger partial charge >= 0.3 is 0 Å². The summed E-state index contributed by atoms with van der Waals surface area (Å²) in [5.41, 5.74) is 3.28. The molecule has 0 aliphatic rings. The van der Waals surface area contributed by atoms with E-state index < -0.39 is 0 Å². The van der Waals surface area contributed by atoms with E-state index in [1.165, 1.54) is 6.92 Å². The molecular weight excluding hydrogens is 292 g/mol. The Morgan fingerprint density at radius 1 is 1.09 bits per heavy atom. The summed E-state index contributed by atoms with van der Waals surface area (Å²) in [6, 6.07) is 10.00. The van der Waals surface area contributed by atoms with Gasteiger partial charge in [-0.05, 0) is 19.4 Å². The van der Waals surface area contributed by atoms with Crippen molar-refractivity contribution in [3.63, 3.8) is 0 Å². The Bertz CT molecular complexity index is 692. The van der Waals surface area contributed by atoms with Crippen LogP contribution < -0.4 is 10.6 Å². The molecule has 1 aromatic carbocycles. The molecule has 122 valence electrons. The zero-order chi connectivity index (χ0) is 16.8. The Morgan fingerprint density at radius 3 is 2.39 bits per heavy atom. The maximum Gasteiger partial charge on any atom is 0.255 e. The average molecular weight is 314 g/mol. The number of nitrogens with one attached hydrogen (secondary N) is 2. The van der Waals surface area contributed by atoms with Crippen LogP contribution in [0.1, 0.15) is 34.2 Å². The van der Waals surface area contributed by atoms with Crippen LogP contribution in [-0.2, 0) is 11.3 Å². The number of hydrogen-bond donors (Lipinski definition) is 2. The van der Waals surface area contributed by atoms with Crippen molar-refractivity contribution in [2.24, 2.45) is 0 Å². The van der Waals surface area contributed by atoms with Crippen molar-refractivity contribution in [2.45, 2.75) is 27.3 Å². The molecule has 6 heteroatoms. The molecule has 23 heavy (non-hydrogen) atoms. The summed E-state index contributed by atoms with van der Waals surface area (Å²) < 4.78 is 1.84. The molecule has 0 bridgehead atoms. The van der Waals surface area contributed by atoms with Crippen molar-refractivity contribution >= 4 is 11.8 Å². The highest BCUT2D eigenvalue weighted by atomic mass is 16.2. The van der Waals surface area contributed by atoms with Crippen molar-refractivity contribution < 1.29 is 9.59 Å². The number of rotatable bonds is 6. The third-order valence-electron chi connectivity index (χ3n) is 3.57. The van der Waals surface area contributed by atoms with E-state index in [4.69, 9.17) is 0 Å². The SMILES string of the molecule is CC(=O)NCCNC(=O)c1c(C)nn(Cc2ccccc2)c1C. The molecule has 0 atom stereocenters. The summed E-state index contributed by atoms with van der Waals surface area (Å²) in [4.78, 5) is 23.1. The standard InChI is InChI=1S/C17H22N4O2/c1-12-16(17(23)19-10-9-18-14(3)22)13(2)21(20-12)11-15-7-5-4-6-8-15/h4-8H,9-11H2,1-3H3,(H,18,22)(H,19,23). The lowest BCUT2D eigenvalue weighted by Crippen LogP contribution is -2.34. The fraction of sp³-hybridized carbons (Fsp3) is 0.353.